The summed E-state index contributed by atoms with van der Waals surface area (Å²) in [6.07, 6.45) is 3.58. The number of aromatic nitrogens is 2. The monoisotopic (exact) mass is 364 g/mol. The third-order valence-corrected chi connectivity index (χ3v) is 3.84. The van der Waals surface area contributed by atoms with Crippen LogP contribution in [-0.4, -0.2) is 22.3 Å². The highest BCUT2D eigenvalue weighted by molar-refractivity contribution is 6.30. The molecular formula is C20H17ClN4O. The fourth-order valence-corrected chi connectivity index (χ4v) is 2.43. The number of allylic oxidation sites excluding steroid dienone is 1. The second-order valence-electron chi connectivity index (χ2n) is 5.67. The van der Waals surface area contributed by atoms with Crippen LogP contribution < -0.4 is 5.43 Å². The van der Waals surface area contributed by atoms with E-state index < -0.39 is 0 Å². The molecule has 26 heavy (non-hydrogen) atoms. The lowest BCUT2D eigenvalue weighted by atomic mass is 10.1. The van der Waals surface area contributed by atoms with Gasteiger partial charge >= 0.3 is 0 Å². The molecule has 1 aromatic heterocycles. The summed E-state index contributed by atoms with van der Waals surface area (Å²) in [7, 11) is 0. The summed E-state index contributed by atoms with van der Waals surface area (Å²) in [4.78, 5) is 12.1. The average Bonchev–Trinajstić information content (AvgIpc) is 3.13. The number of benzene rings is 2. The zero-order chi connectivity index (χ0) is 18.4. The molecule has 0 saturated carbocycles. The minimum atomic E-state index is -0.360. The number of hydrazone groups is 1. The van der Waals surface area contributed by atoms with E-state index >= 15 is 0 Å². The molecule has 0 fully saturated rings. The molecule has 1 heterocycles. The number of aromatic amines is 1. The van der Waals surface area contributed by atoms with Gasteiger partial charge in [0, 0.05) is 10.6 Å². The van der Waals surface area contributed by atoms with Gasteiger partial charge in [-0.2, -0.15) is 10.2 Å². The number of nitrogens with zero attached hydrogens (tertiary/aromatic N) is 2. The lowest BCUT2D eigenvalue weighted by Crippen LogP contribution is -2.17. The van der Waals surface area contributed by atoms with Gasteiger partial charge in [0.25, 0.3) is 5.91 Å². The first-order chi connectivity index (χ1) is 12.6. The van der Waals surface area contributed by atoms with E-state index in [-0.39, 0.29) is 5.91 Å². The first-order valence-electron chi connectivity index (χ1n) is 8.00. The van der Waals surface area contributed by atoms with Crippen LogP contribution in [0.25, 0.3) is 17.3 Å². The highest BCUT2D eigenvalue weighted by Crippen LogP contribution is 2.20. The molecule has 0 aliphatic rings. The first-order valence-corrected chi connectivity index (χ1v) is 8.38. The SMILES string of the molecule is CC(=Cc1ccccc1)/C=N\NC(=O)c1cc(-c2ccc(Cl)cc2)n[nH]1. The number of amides is 1. The molecule has 3 rings (SSSR count). The summed E-state index contributed by atoms with van der Waals surface area (Å²) in [5, 5.41) is 11.5. The highest BCUT2D eigenvalue weighted by Gasteiger charge is 2.10. The summed E-state index contributed by atoms with van der Waals surface area (Å²) < 4.78 is 0. The van der Waals surface area contributed by atoms with Crippen molar-refractivity contribution in [2.75, 3.05) is 0 Å². The summed E-state index contributed by atoms with van der Waals surface area (Å²) in [5.74, 6) is -0.360. The maximum atomic E-state index is 12.1. The number of hydrogen-bond acceptors (Lipinski definition) is 3. The number of rotatable bonds is 5. The zero-order valence-electron chi connectivity index (χ0n) is 14.1. The molecule has 0 unspecified atom stereocenters. The second kappa shape index (κ2) is 8.27. The Morgan fingerprint density at radius 3 is 2.62 bits per heavy atom. The topological polar surface area (TPSA) is 70.1 Å². The Labute approximate surface area is 156 Å². The van der Waals surface area contributed by atoms with E-state index in [1.807, 2.05) is 55.5 Å². The third kappa shape index (κ3) is 4.68. The Balaban J connectivity index is 1.62. The van der Waals surface area contributed by atoms with Gasteiger partial charge in [-0.1, -0.05) is 60.1 Å². The van der Waals surface area contributed by atoms with Crippen molar-refractivity contribution in [3.63, 3.8) is 0 Å². The van der Waals surface area contributed by atoms with Gasteiger partial charge in [0.15, 0.2) is 0 Å². The molecule has 5 nitrogen and oxygen atoms in total. The van der Waals surface area contributed by atoms with Gasteiger partial charge in [0.2, 0.25) is 0 Å². The second-order valence-corrected chi connectivity index (χ2v) is 6.11. The van der Waals surface area contributed by atoms with Crippen LogP contribution in [0.2, 0.25) is 5.02 Å². The van der Waals surface area contributed by atoms with Crippen LogP contribution in [0.15, 0.2) is 71.3 Å². The van der Waals surface area contributed by atoms with Crippen LogP contribution in [-0.2, 0) is 0 Å². The van der Waals surface area contributed by atoms with Gasteiger partial charge in [-0.05, 0) is 36.3 Å². The molecule has 0 bridgehead atoms. The molecule has 2 aromatic carbocycles. The lowest BCUT2D eigenvalue weighted by Gasteiger charge is -1.97. The van der Waals surface area contributed by atoms with Crippen LogP contribution in [0.1, 0.15) is 23.0 Å². The zero-order valence-corrected chi connectivity index (χ0v) is 14.9. The maximum Gasteiger partial charge on any atom is 0.289 e. The average molecular weight is 365 g/mol. The smallest absolute Gasteiger partial charge is 0.272 e. The van der Waals surface area contributed by atoms with E-state index in [4.69, 9.17) is 11.6 Å². The van der Waals surface area contributed by atoms with E-state index in [2.05, 4.69) is 20.7 Å². The number of H-pyrrole nitrogens is 1. The van der Waals surface area contributed by atoms with E-state index in [9.17, 15) is 4.79 Å². The Kier molecular flexibility index (Phi) is 5.61. The van der Waals surface area contributed by atoms with Gasteiger partial charge < -0.3 is 0 Å². The van der Waals surface area contributed by atoms with Crippen molar-refractivity contribution in [3.8, 4) is 11.3 Å². The van der Waals surface area contributed by atoms with Crippen molar-refractivity contribution in [2.45, 2.75) is 6.92 Å². The van der Waals surface area contributed by atoms with Crippen LogP contribution in [0, 0.1) is 0 Å². The molecule has 0 spiro atoms. The lowest BCUT2D eigenvalue weighted by molar-refractivity contribution is 0.0950. The van der Waals surface area contributed by atoms with E-state index in [0.29, 0.717) is 16.4 Å². The van der Waals surface area contributed by atoms with Crippen molar-refractivity contribution in [2.24, 2.45) is 5.10 Å². The Morgan fingerprint density at radius 2 is 1.88 bits per heavy atom. The van der Waals surface area contributed by atoms with Gasteiger partial charge in [-0.15, -0.1) is 0 Å². The van der Waals surface area contributed by atoms with E-state index in [1.54, 1.807) is 24.4 Å². The largest absolute Gasteiger partial charge is 0.289 e. The Bertz CT molecular complexity index is 943. The Morgan fingerprint density at radius 1 is 1.15 bits per heavy atom. The van der Waals surface area contributed by atoms with Gasteiger partial charge in [-0.25, -0.2) is 5.43 Å². The van der Waals surface area contributed by atoms with Gasteiger partial charge in [0.1, 0.15) is 5.69 Å². The summed E-state index contributed by atoms with van der Waals surface area (Å²) in [6.45, 7) is 1.91. The van der Waals surface area contributed by atoms with Gasteiger partial charge in [0.05, 0.1) is 11.9 Å². The van der Waals surface area contributed by atoms with Crippen LogP contribution in [0.3, 0.4) is 0 Å². The van der Waals surface area contributed by atoms with Crippen molar-refractivity contribution >= 4 is 29.8 Å². The van der Waals surface area contributed by atoms with Crippen LogP contribution in [0.5, 0.6) is 0 Å². The number of halogens is 1. The molecule has 3 aromatic rings. The number of hydrogen-bond donors (Lipinski definition) is 2. The highest BCUT2D eigenvalue weighted by atomic mass is 35.5. The minimum Gasteiger partial charge on any atom is -0.272 e. The van der Waals surface area contributed by atoms with Crippen molar-refractivity contribution < 1.29 is 4.79 Å². The fraction of sp³-hybridized carbons (Fsp3) is 0.0500. The predicted molar refractivity (Wildman–Crippen MR) is 105 cm³/mol. The maximum absolute atomic E-state index is 12.1. The van der Waals surface area contributed by atoms with E-state index in [0.717, 1.165) is 16.7 Å². The van der Waals surface area contributed by atoms with Crippen molar-refractivity contribution in [1.82, 2.24) is 15.6 Å². The van der Waals surface area contributed by atoms with Crippen LogP contribution in [0.4, 0.5) is 0 Å². The van der Waals surface area contributed by atoms with Crippen LogP contribution >= 0.6 is 11.6 Å². The number of carbonyl (C=O) groups is 1. The van der Waals surface area contributed by atoms with Crippen molar-refractivity contribution in [1.29, 1.82) is 0 Å². The molecule has 1 amide bonds. The molecule has 0 atom stereocenters. The van der Waals surface area contributed by atoms with E-state index in [1.165, 1.54) is 0 Å². The first kappa shape index (κ1) is 17.6. The molecular weight excluding hydrogens is 348 g/mol. The quantitative estimate of drug-likeness (QED) is 0.515. The molecule has 0 aliphatic carbocycles. The van der Waals surface area contributed by atoms with Crippen molar-refractivity contribution in [3.05, 3.63) is 82.5 Å². The molecule has 2 N–H and O–H groups in total. The standard InChI is InChI=1S/C20H17ClN4O/c1-14(11-15-5-3-2-4-6-15)13-22-25-20(26)19-12-18(23-24-19)16-7-9-17(21)10-8-16/h2-13H,1H3,(H,23,24)(H,25,26)/b14-11?,22-13-. The summed E-state index contributed by atoms with van der Waals surface area (Å²) >= 11 is 5.88. The number of nitrogens with one attached hydrogen (secondary N) is 2. The Hall–Kier alpha value is -3.18. The molecule has 6 heteroatoms. The molecule has 0 aliphatic heterocycles. The summed E-state index contributed by atoms with van der Waals surface area (Å²) in [5.41, 5.74) is 6.34. The summed E-state index contributed by atoms with van der Waals surface area (Å²) in [6, 6.07) is 18.8. The normalized spacial score (nSPS) is 11.7. The number of carbonyl (C=O) groups excluding carboxylic acids is 1. The third-order valence-electron chi connectivity index (χ3n) is 3.59. The molecule has 130 valence electrons. The fourth-order valence-electron chi connectivity index (χ4n) is 2.31. The molecule has 0 saturated heterocycles. The molecule has 0 radical (unpaired) electrons. The minimum absolute atomic E-state index is 0.330. The predicted octanol–water partition coefficient (Wildman–Crippen LogP) is 4.55. The van der Waals surface area contributed by atoms with Gasteiger partial charge in [-0.3, -0.25) is 9.89 Å².